The van der Waals surface area contributed by atoms with Gasteiger partial charge in [-0.05, 0) is 0 Å². The summed E-state index contributed by atoms with van der Waals surface area (Å²) in [7, 11) is 0. The van der Waals surface area contributed by atoms with E-state index in [9.17, 15) is 14.7 Å². The van der Waals surface area contributed by atoms with Crippen molar-refractivity contribution in [3.05, 3.63) is 36.4 Å². The number of carbonyl (C=O) groups is 2. The summed E-state index contributed by atoms with van der Waals surface area (Å²) in [5.74, 6) is 3.72. The highest BCUT2D eigenvalue weighted by atomic mass is 16.4. The first-order chi connectivity index (χ1) is 10.6. The van der Waals surface area contributed by atoms with E-state index in [0.717, 1.165) is 0 Å². The Morgan fingerprint density at radius 2 is 1.68 bits per heavy atom. The molecule has 7 N–H and O–H groups in total. The van der Waals surface area contributed by atoms with Crippen LogP contribution in [0, 0.1) is 0 Å². The van der Waals surface area contributed by atoms with Crippen LogP contribution < -0.4 is 16.6 Å². The highest BCUT2D eigenvalue weighted by Gasteiger charge is 2.25. The Morgan fingerprint density at radius 3 is 2.09 bits per heavy atom. The smallest absolute Gasteiger partial charge is 0.326 e. The van der Waals surface area contributed by atoms with E-state index in [0.29, 0.717) is 11.4 Å². The van der Waals surface area contributed by atoms with E-state index in [1.54, 1.807) is 6.20 Å². The first kappa shape index (κ1) is 15.7. The molecule has 0 radical (unpaired) electrons. The molecule has 2 aromatic rings. The van der Waals surface area contributed by atoms with Crippen LogP contribution in [0.25, 0.3) is 0 Å². The second-order valence-corrected chi connectivity index (χ2v) is 4.68. The number of hydrogen-bond acceptors (Lipinski definition) is 6. The second-order valence-electron chi connectivity index (χ2n) is 4.68. The van der Waals surface area contributed by atoms with Crippen molar-refractivity contribution in [1.82, 2.24) is 30.7 Å². The molecule has 0 aliphatic heterocycles. The van der Waals surface area contributed by atoms with Crippen molar-refractivity contribution in [2.75, 3.05) is 0 Å². The lowest BCUT2D eigenvalue weighted by atomic mass is 10.1. The van der Waals surface area contributed by atoms with Crippen LogP contribution >= 0.6 is 0 Å². The predicted molar refractivity (Wildman–Crippen MR) is 75.3 cm³/mol. The van der Waals surface area contributed by atoms with Gasteiger partial charge in [-0.2, -0.15) is 0 Å². The number of H-pyrrole nitrogens is 2. The van der Waals surface area contributed by atoms with Crippen molar-refractivity contribution in [1.29, 1.82) is 0 Å². The molecule has 118 valence electrons. The maximum atomic E-state index is 12.2. The van der Waals surface area contributed by atoms with Crippen molar-refractivity contribution >= 4 is 11.9 Å². The lowest BCUT2D eigenvalue weighted by molar-refractivity contribution is -0.142. The summed E-state index contributed by atoms with van der Waals surface area (Å²) in [6.45, 7) is 0. The average molecular weight is 307 g/mol. The zero-order valence-electron chi connectivity index (χ0n) is 11.6. The van der Waals surface area contributed by atoms with Crippen molar-refractivity contribution in [2.45, 2.75) is 24.9 Å². The summed E-state index contributed by atoms with van der Waals surface area (Å²) in [4.78, 5) is 36.7. The van der Waals surface area contributed by atoms with Gasteiger partial charge in [0, 0.05) is 36.6 Å². The number of carboxylic acid groups (broad SMARTS) is 1. The molecule has 0 saturated heterocycles. The number of carbonyl (C=O) groups excluding carboxylic acids is 1. The number of nitrogens with zero attached hydrogens (tertiary/aromatic N) is 2. The highest BCUT2D eigenvalue weighted by Crippen LogP contribution is 2.02. The van der Waals surface area contributed by atoms with E-state index < -0.39 is 24.0 Å². The zero-order chi connectivity index (χ0) is 15.9. The lowest BCUT2D eigenvalue weighted by Crippen LogP contribution is -2.53. The molecule has 0 bridgehead atoms. The van der Waals surface area contributed by atoms with Gasteiger partial charge < -0.3 is 20.4 Å². The van der Waals surface area contributed by atoms with Gasteiger partial charge in [0.25, 0.3) is 0 Å². The maximum Gasteiger partial charge on any atom is 0.326 e. The summed E-state index contributed by atoms with van der Waals surface area (Å²) >= 11 is 0. The van der Waals surface area contributed by atoms with Gasteiger partial charge in [0.15, 0.2) is 0 Å². The third kappa shape index (κ3) is 4.14. The van der Waals surface area contributed by atoms with Gasteiger partial charge in [0.1, 0.15) is 12.1 Å². The number of hydrogen-bond donors (Lipinski definition) is 6. The first-order valence-corrected chi connectivity index (χ1v) is 6.54. The maximum absolute atomic E-state index is 12.2. The Hall–Kier alpha value is -2.72. The fourth-order valence-electron chi connectivity index (χ4n) is 1.93. The molecule has 10 heteroatoms. The van der Waals surface area contributed by atoms with Gasteiger partial charge in [-0.3, -0.25) is 10.6 Å². The third-order valence-corrected chi connectivity index (χ3v) is 3.09. The molecule has 0 fully saturated rings. The Kier molecular flexibility index (Phi) is 5.22. The van der Waals surface area contributed by atoms with Gasteiger partial charge in [-0.1, -0.05) is 0 Å². The van der Waals surface area contributed by atoms with Crippen LogP contribution in [0.4, 0.5) is 0 Å². The van der Waals surface area contributed by atoms with Crippen molar-refractivity contribution in [2.24, 2.45) is 5.84 Å². The number of amides is 1. The topological polar surface area (TPSA) is 162 Å². The number of aromatic nitrogens is 4. The Labute approximate surface area is 125 Å². The minimum atomic E-state index is -1.14. The SMILES string of the molecule is NN[C@@H](Cc1cnc[nH]1)C(=O)N[C@@H](Cc1cnc[nH]1)C(=O)O. The zero-order valence-corrected chi connectivity index (χ0v) is 11.6. The average Bonchev–Trinajstić information content (AvgIpc) is 3.17. The van der Waals surface area contributed by atoms with E-state index in [-0.39, 0.29) is 12.8 Å². The van der Waals surface area contributed by atoms with Crippen molar-refractivity contribution in [3.8, 4) is 0 Å². The summed E-state index contributed by atoms with van der Waals surface area (Å²) in [6.07, 6.45) is 6.36. The molecule has 0 aliphatic rings. The van der Waals surface area contributed by atoms with E-state index in [1.807, 2.05) is 0 Å². The number of imidazole rings is 2. The molecule has 0 spiro atoms. The Morgan fingerprint density at radius 1 is 1.14 bits per heavy atom. The van der Waals surface area contributed by atoms with E-state index in [1.165, 1.54) is 18.9 Å². The summed E-state index contributed by atoms with van der Waals surface area (Å²) in [5.41, 5.74) is 3.69. The van der Waals surface area contributed by atoms with Crippen LogP contribution in [0.15, 0.2) is 25.0 Å². The molecule has 0 aliphatic carbocycles. The highest BCUT2D eigenvalue weighted by molar-refractivity contribution is 5.87. The van der Waals surface area contributed by atoms with Crippen LogP contribution in [0.3, 0.4) is 0 Å². The summed E-state index contributed by atoms with van der Waals surface area (Å²) in [5, 5.41) is 11.7. The van der Waals surface area contributed by atoms with E-state index in [2.05, 4.69) is 30.7 Å². The van der Waals surface area contributed by atoms with E-state index in [4.69, 9.17) is 5.84 Å². The van der Waals surface area contributed by atoms with Gasteiger partial charge >= 0.3 is 5.97 Å². The molecule has 1 amide bonds. The molecule has 2 heterocycles. The third-order valence-electron chi connectivity index (χ3n) is 3.09. The normalized spacial score (nSPS) is 13.5. The van der Waals surface area contributed by atoms with Crippen LogP contribution in [-0.2, 0) is 22.4 Å². The van der Waals surface area contributed by atoms with Gasteiger partial charge in [-0.15, -0.1) is 0 Å². The molecule has 0 unspecified atom stereocenters. The van der Waals surface area contributed by atoms with Gasteiger partial charge in [-0.25, -0.2) is 20.2 Å². The molecule has 22 heavy (non-hydrogen) atoms. The number of aromatic amines is 2. The van der Waals surface area contributed by atoms with Crippen molar-refractivity contribution in [3.63, 3.8) is 0 Å². The second kappa shape index (κ2) is 7.33. The summed E-state index contributed by atoms with van der Waals surface area (Å²) < 4.78 is 0. The lowest BCUT2D eigenvalue weighted by Gasteiger charge is -2.19. The minimum Gasteiger partial charge on any atom is -0.480 e. The molecule has 2 aromatic heterocycles. The number of nitrogens with two attached hydrogens (primary N) is 1. The molecule has 2 rings (SSSR count). The Balaban J connectivity index is 1.98. The van der Waals surface area contributed by atoms with Crippen LogP contribution in [-0.4, -0.2) is 49.0 Å². The van der Waals surface area contributed by atoms with Crippen LogP contribution in [0.5, 0.6) is 0 Å². The van der Waals surface area contributed by atoms with Gasteiger partial charge in [0.2, 0.25) is 5.91 Å². The van der Waals surface area contributed by atoms with E-state index >= 15 is 0 Å². The molecular formula is C12H17N7O3. The standard InChI is InChI=1S/C12H17N7O3/c13-19-9(1-7-3-14-5-16-7)11(20)18-10(12(21)22)2-8-4-15-6-17-8/h3-6,9-10,19H,1-2,13H2,(H,14,16)(H,15,17)(H,18,20)(H,21,22)/t9-,10-/m0/s1. The minimum absolute atomic E-state index is 0.0996. The molecule has 2 atom stereocenters. The number of rotatable bonds is 8. The fraction of sp³-hybridized carbons (Fsp3) is 0.333. The number of nitrogens with one attached hydrogen (secondary N) is 4. The molecular weight excluding hydrogens is 290 g/mol. The number of hydrazine groups is 1. The predicted octanol–water partition coefficient (Wildman–Crippen LogP) is -1.68. The van der Waals surface area contributed by atoms with Gasteiger partial charge in [0.05, 0.1) is 12.7 Å². The molecule has 0 saturated carbocycles. The fourth-order valence-corrected chi connectivity index (χ4v) is 1.93. The molecule has 10 nitrogen and oxygen atoms in total. The summed E-state index contributed by atoms with van der Waals surface area (Å²) in [6, 6.07) is -1.85. The monoisotopic (exact) mass is 307 g/mol. The number of carboxylic acids is 1. The quantitative estimate of drug-likeness (QED) is 0.250. The van der Waals surface area contributed by atoms with Crippen LogP contribution in [0.2, 0.25) is 0 Å². The molecule has 0 aromatic carbocycles. The van der Waals surface area contributed by atoms with Crippen molar-refractivity contribution < 1.29 is 14.7 Å². The van der Waals surface area contributed by atoms with Crippen LogP contribution in [0.1, 0.15) is 11.4 Å². The Bertz CT molecular complexity index is 596. The first-order valence-electron chi connectivity index (χ1n) is 6.54. The number of aliphatic carboxylic acids is 1. The largest absolute Gasteiger partial charge is 0.480 e.